The Hall–Kier alpha value is -0.380. The number of rotatable bonds is 3. The van der Waals surface area contributed by atoms with Crippen LogP contribution in [0, 0.1) is 0 Å². The molecule has 2 heterocycles. The summed E-state index contributed by atoms with van der Waals surface area (Å²) in [5.41, 5.74) is 0.826. The molecule has 0 spiro atoms. The molecule has 1 aliphatic heterocycles. The topological polar surface area (TPSA) is 35.0 Å². The zero-order valence-corrected chi connectivity index (χ0v) is 12.3. The van der Waals surface area contributed by atoms with Crippen molar-refractivity contribution in [2.75, 3.05) is 6.61 Å². The van der Waals surface area contributed by atoms with Crippen LogP contribution >= 0.6 is 23.2 Å². The number of nitrogens with zero attached hydrogens (tertiary/aromatic N) is 2. The summed E-state index contributed by atoms with van der Waals surface area (Å²) >= 11 is 12.3. The van der Waals surface area contributed by atoms with Gasteiger partial charge in [0, 0.05) is 18.6 Å². The molecule has 1 aliphatic rings. The van der Waals surface area contributed by atoms with Crippen LogP contribution in [0.25, 0.3) is 0 Å². The summed E-state index contributed by atoms with van der Waals surface area (Å²) in [4.78, 5) is 8.68. The Morgan fingerprint density at radius 1 is 1.22 bits per heavy atom. The van der Waals surface area contributed by atoms with Crippen LogP contribution in [0.1, 0.15) is 50.4 Å². The number of hydrogen-bond donors (Lipinski definition) is 0. The van der Waals surface area contributed by atoms with E-state index in [9.17, 15) is 0 Å². The molecular weight excluding hydrogens is 271 g/mol. The van der Waals surface area contributed by atoms with Gasteiger partial charge in [-0.2, -0.15) is 0 Å². The van der Waals surface area contributed by atoms with Crippen molar-refractivity contribution in [1.82, 2.24) is 9.97 Å². The minimum atomic E-state index is 0.204. The van der Waals surface area contributed by atoms with Crippen LogP contribution in [-0.2, 0) is 11.2 Å². The van der Waals surface area contributed by atoms with Gasteiger partial charge in [0.25, 0.3) is 0 Å². The van der Waals surface area contributed by atoms with Crippen molar-refractivity contribution in [1.29, 1.82) is 0 Å². The van der Waals surface area contributed by atoms with Crippen LogP contribution in [0.15, 0.2) is 0 Å². The quantitative estimate of drug-likeness (QED) is 0.788. The fourth-order valence-corrected chi connectivity index (χ4v) is 3.06. The molecule has 18 heavy (non-hydrogen) atoms. The highest BCUT2D eigenvalue weighted by atomic mass is 35.5. The smallest absolute Gasteiger partial charge is 0.137 e. The number of halogens is 2. The lowest BCUT2D eigenvalue weighted by Crippen LogP contribution is -2.22. The zero-order valence-electron chi connectivity index (χ0n) is 10.7. The van der Waals surface area contributed by atoms with Gasteiger partial charge in [-0.15, -0.1) is 0 Å². The molecule has 0 saturated carbocycles. The summed E-state index contributed by atoms with van der Waals surface area (Å²) in [6.45, 7) is 4.89. The summed E-state index contributed by atoms with van der Waals surface area (Å²) in [7, 11) is 0. The molecule has 1 aromatic rings. The van der Waals surface area contributed by atoms with Gasteiger partial charge in [0.05, 0.1) is 6.10 Å². The van der Waals surface area contributed by atoms with Crippen molar-refractivity contribution in [3.8, 4) is 0 Å². The molecule has 2 rings (SSSR count). The van der Waals surface area contributed by atoms with Gasteiger partial charge in [0.15, 0.2) is 0 Å². The highest BCUT2D eigenvalue weighted by Gasteiger charge is 2.19. The normalized spacial score (nSPS) is 20.4. The molecule has 1 atom stereocenters. The predicted molar refractivity (Wildman–Crippen MR) is 73.4 cm³/mol. The standard InChI is InChI=1S/C13H18Cl2N2O/c1-8(2)11-12(14)16-10(17-13(11)15)7-9-5-3-4-6-18-9/h8-9H,3-7H2,1-2H3. The third kappa shape index (κ3) is 3.34. The van der Waals surface area contributed by atoms with Gasteiger partial charge in [-0.25, -0.2) is 9.97 Å². The first-order chi connectivity index (χ1) is 8.58. The second-order valence-corrected chi connectivity index (χ2v) is 5.70. The van der Waals surface area contributed by atoms with Crippen LogP contribution in [0.5, 0.6) is 0 Å². The highest BCUT2D eigenvalue weighted by Crippen LogP contribution is 2.29. The van der Waals surface area contributed by atoms with Crippen molar-refractivity contribution in [3.05, 3.63) is 21.7 Å². The lowest BCUT2D eigenvalue weighted by atomic mass is 10.1. The van der Waals surface area contributed by atoms with E-state index in [1.807, 2.05) is 13.8 Å². The first-order valence-electron chi connectivity index (χ1n) is 6.41. The molecule has 1 fully saturated rings. The monoisotopic (exact) mass is 288 g/mol. The molecule has 0 bridgehead atoms. The molecule has 100 valence electrons. The second-order valence-electron chi connectivity index (χ2n) is 4.98. The molecule has 5 heteroatoms. The summed E-state index contributed by atoms with van der Waals surface area (Å²) < 4.78 is 5.67. The highest BCUT2D eigenvalue weighted by molar-refractivity contribution is 6.34. The van der Waals surface area contributed by atoms with E-state index in [2.05, 4.69) is 9.97 Å². The second kappa shape index (κ2) is 6.18. The Morgan fingerprint density at radius 3 is 2.39 bits per heavy atom. The molecule has 0 N–H and O–H groups in total. The Morgan fingerprint density at radius 2 is 1.89 bits per heavy atom. The summed E-state index contributed by atoms with van der Waals surface area (Å²) in [5.74, 6) is 0.909. The molecule has 3 nitrogen and oxygen atoms in total. The molecule has 0 amide bonds. The molecule has 0 radical (unpaired) electrons. The fraction of sp³-hybridized carbons (Fsp3) is 0.692. The van der Waals surface area contributed by atoms with Crippen LogP contribution in [0.4, 0.5) is 0 Å². The van der Waals surface area contributed by atoms with Crippen LogP contribution < -0.4 is 0 Å². The minimum absolute atomic E-state index is 0.204. The fourth-order valence-electron chi connectivity index (χ4n) is 2.20. The Balaban J connectivity index is 2.14. The van der Waals surface area contributed by atoms with E-state index in [4.69, 9.17) is 27.9 Å². The Kier molecular flexibility index (Phi) is 4.82. The van der Waals surface area contributed by atoms with Gasteiger partial charge >= 0.3 is 0 Å². The maximum atomic E-state index is 6.17. The van der Waals surface area contributed by atoms with Crippen molar-refractivity contribution in [3.63, 3.8) is 0 Å². The molecular formula is C13H18Cl2N2O. The van der Waals surface area contributed by atoms with E-state index in [1.54, 1.807) is 0 Å². The molecule has 1 saturated heterocycles. The lowest BCUT2D eigenvalue weighted by molar-refractivity contribution is 0.0156. The van der Waals surface area contributed by atoms with E-state index in [0.717, 1.165) is 25.0 Å². The van der Waals surface area contributed by atoms with E-state index in [1.165, 1.54) is 6.42 Å². The summed E-state index contributed by atoms with van der Waals surface area (Å²) in [6, 6.07) is 0. The van der Waals surface area contributed by atoms with Crippen LogP contribution in [0.2, 0.25) is 10.3 Å². The minimum Gasteiger partial charge on any atom is -0.378 e. The maximum absolute atomic E-state index is 6.17. The van der Waals surface area contributed by atoms with Gasteiger partial charge < -0.3 is 4.74 Å². The molecule has 1 unspecified atom stereocenters. The van der Waals surface area contributed by atoms with Crippen LogP contribution in [-0.4, -0.2) is 22.7 Å². The molecule has 0 aromatic carbocycles. The maximum Gasteiger partial charge on any atom is 0.137 e. The van der Waals surface area contributed by atoms with Crippen molar-refractivity contribution in [2.45, 2.75) is 51.6 Å². The number of aromatic nitrogens is 2. The van der Waals surface area contributed by atoms with E-state index >= 15 is 0 Å². The Labute approximate surface area is 118 Å². The molecule has 1 aromatic heterocycles. The van der Waals surface area contributed by atoms with Crippen molar-refractivity contribution < 1.29 is 4.74 Å². The van der Waals surface area contributed by atoms with Crippen molar-refractivity contribution >= 4 is 23.2 Å². The predicted octanol–water partition coefficient (Wildman–Crippen LogP) is 4.02. The average molecular weight is 289 g/mol. The van der Waals surface area contributed by atoms with Crippen LogP contribution in [0.3, 0.4) is 0 Å². The zero-order chi connectivity index (χ0) is 13.1. The van der Waals surface area contributed by atoms with Gasteiger partial charge in [-0.3, -0.25) is 0 Å². The SMILES string of the molecule is CC(C)c1c(Cl)nc(CC2CCCCO2)nc1Cl. The first-order valence-corrected chi connectivity index (χ1v) is 7.17. The summed E-state index contributed by atoms with van der Waals surface area (Å²) in [6.07, 6.45) is 4.31. The van der Waals surface area contributed by atoms with Gasteiger partial charge in [0.1, 0.15) is 16.1 Å². The largest absolute Gasteiger partial charge is 0.378 e. The molecule has 0 aliphatic carbocycles. The third-order valence-electron chi connectivity index (χ3n) is 3.16. The Bertz CT molecular complexity index is 394. The number of ether oxygens (including phenoxy) is 1. The number of hydrogen-bond acceptors (Lipinski definition) is 3. The van der Waals surface area contributed by atoms with Gasteiger partial charge in [-0.05, 0) is 25.2 Å². The summed E-state index contributed by atoms with van der Waals surface area (Å²) in [5, 5.41) is 0.937. The van der Waals surface area contributed by atoms with E-state index in [-0.39, 0.29) is 12.0 Å². The first kappa shape index (κ1) is 14.0. The average Bonchev–Trinajstić information content (AvgIpc) is 2.28. The van der Waals surface area contributed by atoms with E-state index in [0.29, 0.717) is 22.6 Å². The lowest BCUT2D eigenvalue weighted by Gasteiger charge is -2.22. The van der Waals surface area contributed by atoms with Crippen molar-refractivity contribution in [2.24, 2.45) is 0 Å². The van der Waals surface area contributed by atoms with Gasteiger partial charge in [-0.1, -0.05) is 37.0 Å². The third-order valence-corrected chi connectivity index (χ3v) is 3.74. The van der Waals surface area contributed by atoms with Gasteiger partial charge in [0.2, 0.25) is 0 Å². The van der Waals surface area contributed by atoms with E-state index < -0.39 is 0 Å².